The highest BCUT2D eigenvalue weighted by atomic mass is 16.5. The van der Waals surface area contributed by atoms with Crippen LogP contribution in [0.25, 0.3) is 0 Å². The Balaban J connectivity index is 1.75. The van der Waals surface area contributed by atoms with Gasteiger partial charge in [-0.25, -0.2) is 0 Å². The summed E-state index contributed by atoms with van der Waals surface area (Å²) in [5.41, 5.74) is 7.05. The molecule has 3 N–H and O–H groups in total. The van der Waals surface area contributed by atoms with E-state index in [0.29, 0.717) is 23.5 Å². The molecule has 5 heteroatoms. The van der Waals surface area contributed by atoms with Crippen molar-refractivity contribution < 1.29 is 9.53 Å². The van der Waals surface area contributed by atoms with Crippen LogP contribution in [0.3, 0.4) is 0 Å². The molecule has 0 atom stereocenters. The number of amides is 1. The van der Waals surface area contributed by atoms with E-state index in [-0.39, 0.29) is 5.91 Å². The SMILES string of the molecule is COc1ccc(NC(=O)CCN(C)CC2CCC2)c(N)c1. The number of carbonyl (C=O) groups is 1. The smallest absolute Gasteiger partial charge is 0.225 e. The van der Waals surface area contributed by atoms with Crippen LogP contribution in [0.15, 0.2) is 18.2 Å². The Kier molecular flexibility index (Phi) is 5.44. The lowest BCUT2D eigenvalue weighted by Crippen LogP contribution is -2.31. The maximum Gasteiger partial charge on any atom is 0.225 e. The van der Waals surface area contributed by atoms with Gasteiger partial charge in [-0.2, -0.15) is 0 Å². The van der Waals surface area contributed by atoms with E-state index in [2.05, 4.69) is 17.3 Å². The van der Waals surface area contributed by atoms with Crippen LogP contribution in [0.2, 0.25) is 0 Å². The molecule has 2 rings (SSSR count). The van der Waals surface area contributed by atoms with E-state index in [4.69, 9.17) is 10.5 Å². The summed E-state index contributed by atoms with van der Waals surface area (Å²) in [6.07, 6.45) is 4.50. The summed E-state index contributed by atoms with van der Waals surface area (Å²) in [4.78, 5) is 14.2. The van der Waals surface area contributed by atoms with Gasteiger partial charge in [-0.15, -0.1) is 0 Å². The van der Waals surface area contributed by atoms with Gasteiger partial charge in [-0.05, 0) is 37.9 Å². The van der Waals surface area contributed by atoms with Crippen molar-refractivity contribution in [3.05, 3.63) is 18.2 Å². The minimum atomic E-state index is -0.00711. The maximum atomic E-state index is 12.0. The predicted molar refractivity (Wildman–Crippen MR) is 85.5 cm³/mol. The van der Waals surface area contributed by atoms with Crippen molar-refractivity contribution in [3.8, 4) is 5.75 Å². The Morgan fingerprint density at radius 3 is 2.81 bits per heavy atom. The van der Waals surface area contributed by atoms with Crippen molar-refractivity contribution in [2.75, 3.05) is 38.3 Å². The van der Waals surface area contributed by atoms with Crippen molar-refractivity contribution >= 4 is 17.3 Å². The van der Waals surface area contributed by atoms with Gasteiger partial charge in [-0.1, -0.05) is 6.42 Å². The van der Waals surface area contributed by atoms with Crippen molar-refractivity contribution in [1.82, 2.24) is 4.90 Å². The monoisotopic (exact) mass is 291 g/mol. The van der Waals surface area contributed by atoms with E-state index in [1.54, 1.807) is 25.3 Å². The summed E-state index contributed by atoms with van der Waals surface area (Å²) >= 11 is 0. The predicted octanol–water partition coefficient (Wildman–Crippen LogP) is 2.34. The molecule has 1 aromatic rings. The molecule has 1 fully saturated rings. The van der Waals surface area contributed by atoms with Gasteiger partial charge in [0.2, 0.25) is 5.91 Å². The lowest BCUT2D eigenvalue weighted by atomic mass is 9.85. The summed E-state index contributed by atoms with van der Waals surface area (Å²) in [7, 11) is 3.66. The van der Waals surface area contributed by atoms with Gasteiger partial charge in [0.15, 0.2) is 0 Å². The molecule has 1 saturated carbocycles. The minimum Gasteiger partial charge on any atom is -0.497 e. The first-order valence-corrected chi connectivity index (χ1v) is 7.50. The molecule has 0 bridgehead atoms. The van der Waals surface area contributed by atoms with E-state index in [0.717, 1.165) is 19.0 Å². The molecule has 1 aliphatic carbocycles. The topological polar surface area (TPSA) is 67.6 Å². The molecule has 0 aromatic heterocycles. The molecule has 0 unspecified atom stereocenters. The first-order chi connectivity index (χ1) is 10.1. The zero-order valence-electron chi connectivity index (χ0n) is 12.9. The number of nitrogens with two attached hydrogens (primary N) is 1. The van der Waals surface area contributed by atoms with Crippen LogP contribution in [0.1, 0.15) is 25.7 Å². The number of nitrogens with one attached hydrogen (secondary N) is 1. The number of hydrogen-bond acceptors (Lipinski definition) is 4. The van der Waals surface area contributed by atoms with Crippen molar-refractivity contribution in [1.29, 1.82) is 0 Å². The summed E-state index contributed by atoms with van der Waals surface area (Å²) in [5, 5.41) is 2.85. The third-order valence-corrected chi connectivity index (χ3v) is 4.05. The van der Waals surface area contributed by atoms with E-state index in [9.17, 15) is 4.79 Å². The average molecular weight is 291 g/mol. The van der Waals surface area contributed by atoms with E-state index >= 15 is 0 Å². The van der Waals surface area contributed by atoms with Crippen LogP contribution < -0.4 is 15.8 Å². The molecule has 1 amide bonds. The zero-order valence-corrected chi connectivity index (χ0v) is 12.9. The largest absolute Gasteiger partial charge is 0.497 e. The second-order valence-electron chi connectivity index (χ2n) is 5.81. The zero-order chi connectivity index (χ0) is 15.2. The highest BCUT2D eigenvalue weighted by Crippen LogP contribution is 2.27. The molecular weight excluding hydrogens is 266 g/mol. The van der Waals surface area contributed by atoms with Crippen LogP contribution in [0.5, 0.6) is 5.75 Å². The number of anilines is 2. The molecule has 0 aliphatic heterocycles. The Morgan fingerprint density at radius 1 is 1.48 bits per heavy atom. The number of hydrogen-bond donors (Lipinski definition) is 2. The fourth-order valence-electron chi connectivity index (χ4n) is 2.49. The summed E-state index contributed by atoms with van der Waals surface area (Å²) in [6, 6.07) is 5.26. The maximum absolute atomic E-state index is 12.0. The lowest BCUT2D eigenvalue weighted by Gasteiger charge is -2.30. The highest BCUT2D eigenvalue weighted by molar-refractivity contribution is 5.94. The minimum absolute atomic E-state index is 0.00711. The van der Waals surface area contributed by atoms with E-state index < -0.39 is 0 Å². The molecule has 0 heterocycles. The van der Waals surface area contributed by atoms with Crippen LogP contribution in [-0.4, -0.2) is 38.1 Å². The molecule has 21 heavy (non-hydrogen) atoms. The standard InChI is InChI=1S/C16H25N3O2/c1-19(11-12-4-3-5-12)9-8-16(20)18-15-7-6-13(21-2)10-14(15)17/h6-7,10,12H,3-5,8-9,11,17H2,1-2H3,(H,18,20). The van der Waals surface area contributed by atoms with Crippen molar-refractivity contribution in [2.24, 2.45) is 5.92 Å². The fraction of sp³-hybridized carbons (Fsp3) is 0.562. The van der Waals surface area contributed by atoms with Gasteiger partial charge in [0, 0.05) is 25.6 Å². The summed E-state index contributed by atoms with van der Waals surface area (Å²) in [5.74, 6) is 1.51. The van der Waals surface area contributed by atoms with Gasteiger partial charge in [0.25, 0.3) is 0 Å². The van der Waals surface area contributed by atoms with Gasteiger partial charge < -0.3 is 20.7 Å². The van der Waals surface area contributed by atoms with Gasteiger partial charge in [0.05, 0.1) is 18.5 Å². The second-order valence-corrected chi connectivity index (χ2v) is 5.81. The average Bonchev–Trinajstić information content (AvgIpc) is 2.43. The van der Waals surface area contributed by atoms with Gasteiger partial charge in [-0.3, -0.25) is 4.79 Å². The quantitative estimate of drug-likeness (QED) is 0.757. The number of rotatable bonds is 7. The molecule has 5 nitrogen and oxygen atoms in total. The lowest BCUT2D eigenvalue weighted by molar-refractivity contribution is -0.116. The highest BCUT2D eigenvalue weighted by Gasteiger charge is 2.19. The van der Waals surface area contributed by atoms with E-state index in [1.807, 2.05) is 0 Å². The molecule has 116 valence electrons. The van der Waals surface area contributed by atoms with Crippen LogP contribution in [-0.2, 0) is 4.79 Å². The van der Waals surface area contributed by atoms with Crippen LogP contribution in [0, 0.1) is 5.92 Å². The number of benzene rings is 1. The normalized spacial score (nSPS) is 14.8. The van der Waals surface area contributed by atoms with Crippen LogP contribution >= 0.6 is 0 Å². The first-order valence-electron chi connectivity index (χ1n) is 7.50. The number of methoxy groups -OCH3 is 1. The molecule has 0 radical (unpaired) electrons. The van der Waals surface area contributed by atoms with Crippen molar-refractivity contribution in [2.45, 2.75) is 25.7 Å². The molecular formula is C16H25N3O2. The first kappa shape index (κ1) is 15.6. The third kappa shape index (κ3) is 4.63. The second kappa shape index (κ2) is 7.31. The van der Waals surface area contributed by atoms with Crippen molar-refractivity contribution in [3.63, 3.8) is 0 Å². The number of nitrogen functional groups attached to an aromatic ring is 1. The van der Waals surface area contributed by atoms with Gasteiger partial charge in [0.1, 0.15) is 5.75 Å². The summed E-state index contributed by atoms with van der Waals surface area (Å²) in [6.45, 7) is 1.87. The van der Waals surface area contributed by atoms with E-state index in [1.165, 1.54) is 19.3 Å². The number of ether oxygens (including phenoxy) is 1. The Morgan fingerprint density at radius 2 is 2.24 bits per heavy atom. The number of carbonyl (C=O) groups excluding carboxylic acids is 1. The van der Waals surface area contributed by atoms with Gasteiger partial charge >= 0.3 is 0 Å². The number of nitrogens with zero attached hydrogens (tertiary/aromatic N) is 1. The Bertz CT molecular complexity index is 486. The molecule has 1 aliphatic rings. The molecule has 0 saturated heterocycles. The van der Waals surface area contributed by atoms with Crippen LogP contribution in [0.4, 0.5) is 11.4 Å². The Hall–Kier alpha value is -1.75. The molecule has 1 aromatic carbocycles. The Labute approximate surface area is 126 Å². The summed E-state index contributed by atoms with van der Waals surface area (Å²) < 4.78 is 5.09. The third-order valence-electron chi connectivity index (χ3n) is 4.05. The molecule has 0 spiro atoms. The fourth-order valence-corrected chi connectivity index (χ4v) is 2.49.